The molecule has 0 bridgehead atoms. The molecule has 0 fully saturated rings. The quantitative estimate of drug-likeness (QED) is 0.669. The Bertz CT molecular complexity index is 505. The molecule has 0 amide bonds. The SMILES string of the molecule is Cc1ccc(CC(Cc2ccc(C)cc2)C(C)(C)C)cc1. The summed E-state index contributed by atoms with van der Waals surface area (Å²) in [5.74, 6) is 0.655. The molecule has 2 aromatic carbocycles. The summed E-state index contributed by atoms with van der Waals surface area (Å²) in [6.07, 6.45) is 2.30. The molecule has 0 atom stereocenters. The predicted octanol–water partition coefficient (Wildman–Crippen LogP) is 5.75. The fourth-order valence-electron chi connectivity index (χ4n) is 2.70. The van der Waals surface area contributed by atoms with Crippen LogP contribution in [0.1, 0.15) is 43.0 Å². The Morgan fingerprint density at radius 2 is 1.00 bits per heavy atom. The Morgan fingerprint density at radius 3 is 1.29 bits per heavy atom. The summed E-state index contributed by atoms with van der Waals surface area (Å²) in [6, 6.07) is 18.0. The molecular formula is C21H28. The van der Waals surface area contributed by atoms with Gasteiger partial charge >= 0.3 is 0 Å². The smallest absolute Gasteiger partial charge is 0.0242 e. The average molecular weight is 280 g/mol. The zero-order chi connectivity index (χ0) is 15.5. The van der Waals surface area contributed by atoms with Crippen molar-refractivity contribution in [1.29, 1.82) is 0 Å². The van der Waals surface area contributed by atoms with Gasteiger partial charge in [-0.25, -0.2) is 0 Å². The van der Waals surface area contributed by atoms with Crippen LogP contribution in [0, 0.1) is 25.2 Å². The maximum Gasteiger partial charge on any atom is -0.0242 e. The van der Waals surface area contributed by atoms with Gasteiger partial charge < -0.3 is 0 Å². The van der Waals surface area contributed by atoms with E-state index in [0.29, 0.717) is 11.3 Å². The topological polar surface area (TPSA) is 0 Å². The third-order valence-corrected chi connectivity index (χ3v) is 4.43. The number of hydrogen-bond acceptors (Lipinski definition) is 0. The van der Waals surface area contributed by atoms with Crippen molar-refractivity contribution in [3.05, 3.63) is 70.8 Å². The van der Waals surface area contributed by atoms with Crippen LogP contribution < -0.4 is 0 Å². The summed E-state index contributed by atoms with van der Waals surface area (Å²) in [5.41, 5.74) is 5.89. The third kappa shape index (κ3) is 4.74. The Morgan fingerprint density at radius 1 is 0.667 bits per heavy atom. The van der Waals surface area contributed by atoms with Crippen LogP contribution in [0.3, 0.4) is 0 Å². The zero-order valence-electron chi connectivity index (χ0n) is 14.1. The lowest BCUT2D eigenvalue weighted by Gasteiger charge is -2.31. The van der Waals surface area contributed by atoms with Gasteiger partial charge in [0.05, 0.1) is 0 Å². The summed E-state index contributed by atoms with van der Waals surface area (Å²) in [4.78, 5) is 0. The third-order valence-electron chi connectivity index (χ3n) is 4.43. The first-order valence-corrected chi connectivity index (χ1v) is 7.96. The number of rotatable bonds is 4. The monoisotopic (exact) mass is 280 g/mol. The Balaban J connectivity index is 2.15. The summed E-state index contributed by atoms with van der Waals surface area (Å²) >= 11 is 0. The second-order valence-corrected chi connectivity index (χ2v) is 7.44. The van der Waals surface area contributed by atoms with Crippen LogP contribution in [0.5, 0.6) is 0 Å². The fourth-order valence-corrected chi connectivity index (χ4v) is 2.70. The summed E-state index contributed by atoms with van der Waals surface area (Å²) in [5, 5.41) is 0. The van der Waals surface area contributed by atoms with E-state index < -0.39 is 0 Å². The molecule has 0 spiro atoms. The van der Waals surface area contributed by atoms with Crippen LogP contribution in [0.25, 0.3) is 0 Å². The molecule has 2 rings (SSSR count). The van der Waals surface area contributed by atoms with Crippen LogP contribution in [-0.2, 0) is 12.8 Å². The molecule has 0 heteroatoms. The van der Waals surface area contributed by atoms with Crippen LogP contribution in [0.4, 0.5) is 0 Å². The molecule has 0 N–H and O–H groups in total. The molecule has 0 aromatic heterocycles. The molecule has 2 aromatic rings. The zero-order valence-corrected chi connectivity index (χ0v) is 14.1. The lowest BCUT2D eigenvalue weighted by Crippen LogP contribution is -2.25. The molecule has 112 valence electrons. The highest BCUT2D eigenvalue weighted by Gasteiger charge is 2.25. The second kappa shape index (κ2) is 6.47. The Kier molecular flexibility index (Phi) is 4.88. The number of aryl methyl sites for hydroxylation is 2. The first kappa shape index (κ1) is 15.8. The highest BCUT2D eigenvalue weighted by Crippen LogP contribution is 2.32. The van der Waals surface area contributed by atoms with E-state index in [1.54, 1.807) is 0 Å². The van der Waals surface area contributed by atoms with Crippen molar-refractivity contribution in [3.8, 4) is 0 Å². The second-order valence-electron chi connectivity index (χ2n) is 7.44. The molecule has 0 radical (unpaired) electrons. The van der Waals surface area contributed by atoms with E-state index in [2.05, 4.69) is 83.1 Å². The molecule has 0 saturated heterocycles. The van der Waals surface area contributed by atoms with E-state index in [1.165, 1.54) is 22.3 Å². The van der Waals surface area contributed by atoms with Crippen molar-refractivity contribution in [1.82, 2.24) is 0 Å². The number of hydrogen-bond donors (Lipinski definition) is 0. The van der Waals surface area contributed by atoms with Gasteiger partial charge in [-0.3, -0.25) is 0 Å². The number of benzene rings is 2. The van der Waals surface area contributed by atoms with E-state index in [0.717, 1.165) is 12.8 Å². The van der Waals surface area contributed by atoms with Crippen molar-refractivity contribution in [3.63, 3.8) is 0 Å². The van der Waals surface area contributed by atoms with E-state index in [9.17, 15) is 0 Å². The minimum absolute atomic E-state index is 0.315. The summed E-state index contributed by atoms with van der Waals surface area (Å²) in [7, 11) is 0. The molecule has 0 heterocycles. The van der Waals surface area contributed by atoms with Gasteiger partial charge in [-0.1, -0.05) is 80.4 Å². The highest BCUT2D eigenvalue weighted by atomic mass is 14.3. The van der Waals surface area contributed by atoms with Gasteiger partial charge in [0.1, 0.15) is 0 Å². The molecular weight excluding hydrogens is 252 g/mol. The molecule has 0 aliphatic heterocycles. The maximum absolute atomic E-state index is 2.36. The van der Waals surface area contributed by atoms with E-state index in [1.807, 2.05) is 0 Å². The normalized spacial score (nSPS) is 11.9. The van der Waals surface area contributed by atoms with Crippen molar-refractivity contribution in [2.24, 2.45) is 11.3 Å². The maximum atomic E-state index is 2.36. The van der Waals surface area contributed by atoms with E-state index in [4.69, 9.17) is 0 Å². The highest BCUT2D eigenvalue weighted by molar-refractivity contribution is 5.24. The molecule has 0 unspecified atom stereocenters. The Hall–Kier alpha value is -1.56. The molecule has 21 heavy (non-hydrogen) atoms. The first-order chi connectivity index (χ1) is 9.84. The van der Waals surface area contributed by atoms with Gasteiger partial charge in [0.15, 0.2) is 0 Å². The van der Waals surface area contributed by atoms with Gasteiger partial charge in [-0.15, -0.1) is 0 Å². The molecule has 0 saturated carbocycles. The average Bonchev–Trinajstić information content (AvgIpc) is 2.42. The van der Waals surface area contributed by atoms with E-state index in [-0.39, 0.29) is 0 Å². The predicted molar refractivity (Wildman–Crippen MR) is 92.7 cm³/mol. The van der Waals surface area contributed by atoms with Crippen LogP contribution >= 0.6 is 0 Å². The lowest BCUT2D eigenvalue weighted by molar-refractivity contribution is 0.237. The fraction of sp³-hybridized carbons (Fsp3) is 0.429. The lowest BCUT2D eigenvalue weighted by atomic mass is 9.74. The van der Waals surface area contributed by atoms with Gasteiger partial charge in [-0.05, 0) is 49.1 Å². The van der Waals surface area contributed by atoms with Gasteiger partial charge in [0.25, 0.3) is 0 Å². The van der Waals surface area contributed by atoms with Crippen LogP contribution in [0.15, 0.2) is 48.5 Å². The minimum atomic E-state index is 0.315. The molecule has 0 nitrogen and oxygen atoms in total. The summed E-state index contributed by atoms with van der Waals surface area (Å²) < 4.78 is 0. The van der Waals surface area contributed by atoms with Crippen LogP contribution in [-0.4, -0.2) is 0 Å². The van der Waals surface area contributed by atoms with Crippen molar-refractivity contribution >= 4 is 0 Å². The van der Waals surface area contributed by atoms with Gasteiger partial charge in [0, 0.05) is 0 Å². The van der Waals surface area contributed by atoms with Crippen molar-refractivity contribution < 1.29 is 0 Å². The molecule has 0 aliphatic rings. The van der Waals surface area contributed by atoms with Gasteiger partial charge in [0.2, 0.25) is 0 Å². The van der Waals surface area contributed by atoms with Crippen molar-refractivity contribution in [2.45, 2.75) is 47.5 Å². The first-order valence-electron chi connectivity index (χ1n) is 7.96. The van der Waals surface area contributed by atoms with Gasteiger partial charge in [-0.2, -0.15) is 0 Å². The van der Waals surface area contributed by atoms with E-state index >= 15 is 0 Å². The van der Waals surface area contributed by atoms with Crippen molar-refractivity contribution in [2.75, 3.05) is 0 Å². The standard InChI is InChI=1S/C21H28/c1-16-6-10-18(11-7-16)14-20(21(3,4)5)15-19-12-8-17(2)9-13-19/h6-13,20H,14-15H2,1-5H3. The Labute approximate surface area is 130 Å². The molecule has 0 aliphatic carbocycles. The minimum Gasteiger partial charge on any atom is -0.0599 e. The largest absolute Gasteiger partial charge is 0.0599 e. The summed E-state index contributed by atoms with van der Waals surface area (Å²) in [6.45, 7) is 11.4. The van der Waals surface area contributed by atoms with Crippen LogP contribution in [0.2, 0.25) is 0 Å².